The predicted molar refractivity (Wildman–Crippen MR) is 117 cm³/mol. The molecule has 1 saturated heterocycles. The number of aliphatic hydroxyl groups is 1. The Bertz CT molecular complexity index is 952. The first-order valence-electron chi connectivity index (χ1n) is 9.27. The Hall–Kier alpha value is -2.02. The molecule has 0 unspecified atom stereocenters. The molecule has 2 aromatic carbocycles. The van der Waals surface area contributed by atoms with Gasteiger partial charge in [-0.05, 0) is 79.9 Å². The van der Waals surface area contributed by atoms with Crippen molar-refractivity contribution in [1.29, 1.82) is 0 Å². The summed E-state index contributed by atoms with van der Waals surface area (Å²) >= 11 is 7.28. The normalized spacial score (nSPS) is 17.3. The molecule has 0 aliphatic carbocycles. The quantitative estimate of drug-likeness (QED) is 0.629. The van der Waals surface area contributed by atoms with Crippen molar-refractivity contribution in [2.75, 3.05) is 25.0 Å². The molecule has 0 radical (unpaired) electrons. The zero-order valence-electron chi connectivity index (χ0n) is 15.3. The molecule has 3 aromatic rings. The first-order chi connectivity index (χ1) is 13.1. The number of thiocarbonyl (C=S) groups is 1. The van der Waals surface area contributed by atoms with Gasteiger partial charge in [0.05, 0.1) is 10.2 Å². The smallest absolute Gasteiger partial charge is 0.173 e. The number of rotatable bonds is 3. The maximum atomic E-state index is 9.39. The van der Waals surface area contributed by atoms with Crippen LogP contribution in [-0.4, -0.2) is 39.8 Å². The summed E-state index contributed by atoms with van der Waals surface area (Å²) in [5, 5.41) is 14.5. The van der Waals surface area contributed by atoms with Crippen molar-refractivity contribution in [1.82, 2.24) is 9.88 Å². The average Bonchev–Trinajstić information content (AvgIpc) is 3.11. The number of hydrogen-bond acceptors (Lipinski definition) is 4. The Morgan fingerprint density at radius 3 is 2.89 bits per heavy atom. The van der Waals surface area contributed by atoms with Crippen molar-refractivity contribution in [3.8, 4) is 10.6 Å². The Labute approximate surface area is 168 Å². The molecule has 140 valence electrons. The van der Waals surface area contributed by atoms with Gasteiger partial charge in [-0.3, -0.25) is 0 Å². The number of fused-ring (bicyclic) bond motifs is 1. The molecule has 0 amide bonds. The minimum atomic E-state index is 0.232. The van der Waals surface area contributed by atoms with Crippen LogP contribution in [0.3, 0.4) is 0 Å². The van der Waals surface area contributed by atoms with Crippen molar-refractivity contribution in [3.05, 3.63) is 48.0 Å². The lowest BCUT2D eigenvalue weighted by atomic mass is 9.99. The first-order valence-corrected chi connectivity index (χ1v) is 10.5. The molecule has 4 nitrogen and oxygen atoms in total. The van der Waals surface area contributed by atoms with E-state index in [9.17, 15) is 5.11 Å². The molecule has 4 rings (SSSR count). The summed E-state index contributed by atoms with van der Waals surface area (Å²) in [6, 6.07) is 14.6. The topological polar surface area (TPSA) is 48.4 Å². The highest BCUT2D eigenvalue weighted by Crippen LogP contribution is 2.31. The van der Waals surface area contributed by atoms with Crippen LogP contribution in [0.25, 0.3) is 20.8 Å². The monoisotopic (exact) mass is 397 g/mol. The highest BCUT2D eigenvalue weighted by molar-refractivity contribution is 7.80. The van der Waals surface area contributed by atoms with E-state index in [1.54, 1.807) is 11.3 Å². The lowest BCUT2D eigenvalue weighted by Crippen LogP contribution is -2.43. The Morgan fingerprint density at radius 2 is 2.11 bits per heavy atom. The third-order valence-electron chi connectivity index (χ3n) is 4.99. The number of nitrogens with zero attached hydrogens (tertiary/aromatic N) is 2. The summed E-state index contributed by atoms with van der Waals surface area (Å²) in [5.41, 5.74) is 4.40. The number of aryl methyl sites for hydroxylation is 1. The molecule has 1 aliphatic rings. The van der Waals surface area contributed by atoms with Crippen molar-refractivity contribution in [3.63, 3.8) is 0 Å². The van der Waals surface area contributed by atoms with Crippen LogP contribution in [-0.2, 0) is 0 Å². The number of aromatic nitrogens is 1. The second-order valence-electron chi connectivity index (χ2n) is 7.13. The van der Waals surface area contributed by atoms with Gasteiger partial charge in [0.15, 0.2) is 5.11 Å². The van der Waals surface area contributed by atoms with E-state index in [-0.39, 0.29) is 6.61 Å². The fourth-order valence-electron chi connectivity index (χ4n) is 3.45. The van der Waals surface area contributed by atoms with Crippen LogP contribution in [0.5, 0.6) is 0 Å². The van der Waals surface area contributed by atoms with E-state index in [1.165, 1.54) is 10.3 Å². The summed E-state index contributed by atoms with van der Waals surface area (Å²) in [5.74, 6) is 0.323. The number of hydrogen-bond donors (Lipinski definition) is 2. The zero-order chi connectivity index (χ0) is 18.8. The summed E-state index contributed by atoms with van der Waals surface area (Å²) < 4.78 is 1.22. The zero-order valence-corrected chi connectivity index (χ0v) is 16.9. The summed E-state index contributed by atoms with van der Waals surface area (Å²) in [7, 11) is 0. The lowest BCUT2D eigenvalue weighted by molar-refractivity contribution is 0.162. The number of thiazole rings is 1. The highest BCUT2D eigenvalue weighted by Gasteiger charge is 2.21. The van der Waals surface area contributed by atoms with Crippen molar-refractivity contribution >= 4 is 44.6 Å². The van der Waals surface area contributed by atoms with Crippen LogP contribution in [0.15, 0.2) is 42.5 Å². The minimum Gasteiger partial charge on any atom is -0.396 e. The molecule has 0 saturated carbocycles. The third kappa shape index (κ3) is 4.13. The maximum absolute atomic E-state index is 9.39. The van der Waals surface area contributed by atoms with Crippen LogP contribution < -0.4 is 5.32 Å². The van der Waals surface area contributed by atoms with Crippen LogP contribution in [0.4, 0.5) is 5.69 Å². The standard InChI is InChI=1S/C21H23N3OS2/c1-14-4-9-18-19(11-14)27-20(23-18)16-5-7-17(8-6-16)22-21(26)24-10-2-3-15(12-24)13-25/h4-9,11,15,25H,2-3,10,12-13H2,1H3,(H,22,26)/t15-/m1/s1. The fourth-order valence-corrected chi connectivity index (χ4v) is 4.81. The van der Waals surface area contributed by atoms with E-state index in [0.717, 1.165) is 52.8 Å². The van der Waals surface area contributed by atoms with Gasteiger partial charge in [0.25, 0.3) is 0 Å². The van der Waals surface area contributed by atoms with Crippen molar-refractivity contribution in [2.24, 2.45) is 5.92 Å². The van der Waals surface area contributed by atoms with Gasteiger partial charge in [-0.15, -0.1) is 11.3 Å². The number of nitrogens with one attached hydrogen (secondary N) is 1. The van der Waals surface area contributed by atoms with Crippen molar-refractivity contribution < 1.29 is 5.11 Å². The van der Waals surface area contributed by atoms with Gasteiger partial charge in [0.2, 0.25) is 0 Å². The molecule has 0 spiro atoms. The number of piperidine rings is 1. The van der Waals surface area contributed by atoms with Crippen molar-refractivity contribution in [2.45, 2.75) is 19.8 Å². The Balaban J connectivity index is 1.46. The SMILES string of the molecule is Cc1ccc2nc(-c3ccc(NC(=S)N4CCC[C@@H](CO)C4)cc3)sc2c1. The van der Waals surface area contributed by atoms with E-state index in [2.05, 4.69) is 47.5 Å². The molecular weight excluding hydrogens is 374 g/mol. The molecule has 1 atom stereocenters. The maximum Gasteiger partial charge on any atom is 0.173 e. The van der Waals surface area contributed by atoms with Crippen LogP contribution in [0, 0.1) is 12.8 Å². The second-order valence-corrected chi connectivity index (χ2v) is 8.55. The van der Waals surface area contributed by atoms with Crippen LogP contribution in [0.1, 0.15) is 18.4 Å². The molecule has 1 aromatic heterocycles. The highest BCUT2D eigenvalue weighted by atomic mass is 32.1. The fraction of sp³-hybridized carbons (Fsp3) is 0.333. The summed E-state index contributed by atoms with van der Waals surface area (Å²) in [4.78, 5) is 6.90. The van der Waals surface area contributed by atoms with Gasteiger partial charge in [-0.1, -0.05) is 6.07 Å². The van der Waals surface area contributed by atoms with Gasteiger partial charge in [0.1, 0.15) is 5.01 Å². The van der Waals surface area contributed by atoms with Crippen LogP contribution >= 0.6 is 23.6 Å². The third-order valence-corrected chi connectivity index (χ3v) is 6.42. The van der Waals surface area contributed by atoms with Gasteiger partial charge >= 0.3 is 0 Å². The number of benzene rings is 2. The molecule has 0 bridgehead atoms. The van der Waals surface area contributed by atoms with Gasteiger partial charge < -0.3 is 15.3 Å². The summed E-state index contributed by atoms with van der Waals surface area (Å²) in [6.07, 6.45) is 2.15. The second kappa shape index (κ2) is 7.92. The Morgan fingerprint density at radius 1 is 1.30 bits per heavy atom. The van der Waals surface area contributed by atoms with Gasteiger partial charge in [-0.2, -0.15) is 0 Å². The van der Waals surface area contributed by atoms with E-state index < -0.39 is 0 Å². The first kappa shape index (κ1) is 18.3. The molecule has 2 N–H and O–H groups in total. The molecule has 27 heavy (non-hydrogen) atoms. The molecule has 2 heterocycles. The largest absolute Gasteiger partial charge is 0.396 e. The Kier molecular flexibility index (Phi) is 5.38. The van der Waals surface area contributed by atoms with Gasteiger partial charge in [-0.25, -0.2) is 4.98 Å². The van der Waals surface area contributed by atoms with Gasteiger partial charge in [0, 0.05) is 30.9 Å². The number of aliphatic hydroxyl groups excluding tert-OH is 1. The molecule has 1 fully saturated rings. The number of anilines is 1. The molecular formula is C21H23N3OS2. The lowest BCUT2D eigenvalue weighted by Gasteiger charge is -2.33. The van der Waals surface area contributed by atoms with E-state index in [0.29, 0.717) is 5.92 Å². The van der Waals surface area contributed by atoms with Crippen LogP contribution in [0.2, 0.25) is 0 Å². The van der Waals surface area contributed by atoms with E-state index >= 15 is 0 Å². The number of likely N-dealkylation sites (tertiary alicyclic amines) is 1. The minimum absolute atomic E-state index is 0.232. The molecule has 1 aliphatic heterocycles. The summed E-state index contributed by atoms with van der Waals surface area (Å²) in [6.45, 7) is 4.11. The van der Waals surface area contributed by atoms with E-state index in [4.69, 9.17) is 17.2 Å². The van der Waals surface area contributed by atoms with E-state index in [1.807, 2.05) is 12.1 Å². The molecule has 6 heteroatoms. The predicted octanol–water partition coefficient (Wildman–Crippen LogP) is 4.67. The average molecular weight is 398 g/mol.